The Morgan fingerprint density at radius 1 is 1.05 bits per heavy atom. The first-order valence-electron chi connectivity index (χ1n) is 7.81. The van der Waals surface area contributed by atoms with Crippen LogP contribution < -0.4 is 11.1 Å². The minimum absolute atomic E-state index is 0.0241. The molecule has 0 spiro atoms. The minimum Gasteiger partial charge on any atom is -0.481 e. The zero-order chi connectivity index (χ0) is 14.8. The van der Waals surface area contributed by atoms with Crippen LogP contribution in [-0.2, 0) is 9.59 Å². The zero-order valence-electron chi connectivity index (χ0n) is 12.3. The minimum atomic E-state index is -0.763. The lowest BCUT2D eigenvalue weighted by Gasteiger charge is -2.33. The van der Waals surface area contributed by atoms with E-state index in [2.05, 4.69) is 5.32 Å². The number of nitrogens with one attached hydrogen (secondary N) is 1. The van der Waals surface area contributed by atoms with E-state index in [1.165, 1.54) is 0 Å². The van der Waals surface area contributed by atoms with Crippen molar-refractivity contribution in [2.75, 3.05) is 13.1 Å². The predicted octanol–water partition coefficient (Wildman–Crippen LogP) is 2.05. The van der Waals surface area contributed by atoms with E-state index in [0.717, 1.165) is 44.9 Å². The number of hydrogen-bond donors (Lipinski definition) is 3. The van der Waals surface area contributed by atoms with Crippen molar-refractivity contribution in [2.45, 2.75) is 64.2 Å². The van der Waals surface area contributed by atoms with Gasteiger partial charge in [-0.15, -0.1) is 0 Å². The lowest BCUT2D eigenvalue weighted by molar-refractivity contribution is -0.151. The highest BCUT2D eigenvalue weighted by molar-refractivity contribution is 5.79. The Hall–Kier alpha value is -1.10. The average Bonchev–Trinajstić information content (AvgIpc) is 2.46. The maximum absolute atomic E-state index is 11.8. The van der Waals surface area contributed by atoms with E-state index in [0.29, 0.717) is 25.8 Å². The number of carboxylic acid groups (broad SMARTS) is 1. The second-order valence-electron chi connectivity index (χ2n) is 5.88. The fourth-order valence-electron chi connectivity index (χ4n) is 2.83. The van der Waals surface area contributed by atoms with Crippen LogP contribution in [0.5, 0.6) is 0 Å². The molecule has 1 aliphatic carbocycles. The summed E-state index contributed by atoms with van der Waals surface area (Å²) < 4.78 is 0. The van der Waals surface area contributed by atoms with E-state index in [9.17, 15) is 14.7 Å². The summed E-state index contributed by atoms with van der Waals surface area (Å²) in [6, 6.07) is 0. The van der Waals surface area contributed by atoms with Gasteiger partial charge in [0, 0.05) is 13.0 Å². The quantitative estimate of drug-likeness (QED) is 0.565. The fourth-order valence-corrected chi connectivity index (χ4v) is 2.83. The van der Waals surface area contributed by atoms with Gasteiger partial charge in [0.2, 0.25) is 5.91 Å². The Morgan fingerprint density at radius 3 is 2.30 bits per heavy atom. The van der Waals surface area contributed by atoms with E-state index in [1.807, 2.05) is 0 Å². The highest BCUT2D eigenvalue weighted by Gasteiger charge is 2.39. The van der Waals surface area contributed by atoms with Crippen molar-refractivity contribution in [1.82, 2.24) is 5.32 Å². The van der Waals surface area contributed by atoms with Crippen LogP contribution in [0.4, 0.5) is 0 Å². The number of carbonyl (C=O) groups excluding carboxylic acids is 1. The molecular weight excluding hydrogens is 256 g/mol. The molecule has 4 N–H and O–H groups in total. The molecule has 0 bridgehead atoms. The number of hydrogen-bond acceptors (Lipinski definition) is 3. The molecule has 5 nitrogen and oxygen atoms in total. The molecule has 1 amide bonds. The zero-order valence-corrected chi connectivity index (χ0v) is 12.3. The Labute approximate surface area is 121 Å². The summed E-state index contributed by atoms with van der Waals surface area (Å²) in [6.45, 7) is 0.983. The summed E-state index contributed by atoms with van der Waals surface area (Å²) in [7, 11) is 0. The van der Waals surface area contributed by atoms with E-state index >= 15 is 0 Å². The molecule has 0 radical (unpaired) electrons. The number of carboxylic acids is 1. The van der Waals surface area contributed by atoms with Crippen molar-refractivity contribution in [3.8, 4) is 0 Å². The maximum atomic E-state index is 11.8. The molecule has 0 atom stereocenters. The Kier molecular flexibility index (Phi) is 7.59. The summed E-state index contributed by atoms with van der Waals surface area (Å²) in [5.74, 6) is -0.788. The second kappa shape index (κ2) is 8.95. The van der Waals surface area contributed by atoms with Crippen LogP contribution >= 0.6 is 0 Å². The van der Waals surface area contributed by atoms with Gasteiger partial charge < -0.3 is 16.2 Å². The van der Waals surface area contributed by atoms with Crippen molar-refractivity contribution in [1.29, 1.82) is 0 Å². The third kappa shape index (κ3) is 5.49. The molecule has 5 heteroatoms. The van der Waals surface area contributed by atoms with E-state index < -0.39 is 11.4 Å². The number of aliphatic carboxylic acids is 1. The van der Waals surface area contributed by atoms with Gasteiger partial charge in [0.05, 0.1) is 5.41 Å². The number of unbranched alkanes of at least 4 members (excludes halogenated alkanes) is 3. The summed E-state index contributed by atoms with van der Waals surface area (Å²) in [5, 5.41) is 12.2. The van der Waals surface area contributed by atoms with Crippen molar-refractivity contribution >= 4 is 11.9 Å². The largest absolute Gasteiger partial charge is 0.481 e. The van der Waals surface area contributed by atoms with Gasteiger partial charge in [0.15, 0.2) is 0 Å². The summed E-state index contributed by atoms with van der Waals surface area (Å²) >= 11 is 0. The molecule has 0 saturated heterocycles. The van der Waals surface area contributed by atoms with Crippen LogP contribution in [0.2, 0.25) is 0 Å². The molecule has 1 aliphatic rings. The number of amides is 1. The molecule has 116 valence electrons. The molecule has 0 unspecified atom stereocenters. The molecule has 0 aromatic carbocycles. The number of carbonyl (C=O) groups is 2. The third-order valence-corrected chi connectivity index (χ3v) is 4.25. The average molecular weight is 284 g/mol. The summed E-state index contributed by atoms with van der Waals surface area (Å²) in [6.07, 6.45) is 8.76. The Balaban J connectivity index is 2.25. The maximum Gasteiger partial charge on any atom is 0.311 e. The molecule has 0 heterocycles. The van der Waals surface area contributed by atoms with Crippen molar-refractivity contribution in [3.05, 3.63) is 0 Å². The van der Waals surface area contributed by atoms with E-state index in [-0.39, 0.29) is 12.5 Å². The third-order valence-electron chi connectivity index (χ3n) is 4.25. The van der Waals surface area contributed by atoms with Crippen LogP contribution in [0.1, 0.15) is 64.2 Å². The van der Waals surface area contributed by atoms with Crippen molar-refractivity contribution in [2.24, 2.45) is 11.1 Å². The smallest absolute Gasteiger partial charge is 0.311 e. The van der Waals surface area contributed by atoms with Gasteiger partial charge in [-0.2, -0.15) is 0 Å². The van der Waals surface area contributed by atoms with Crippen LogP contribution in [0.15, 0.2) is 0 Å². The fraction of sp³-hybridized carbons (Fsp3) is 0.867. The van der Waals surface area contributed by atoms with Crippen molar-refractivity contribution < 1.29 is 14.7 Å². The molecule has 0 aliphatic heterocycles. The molecular formula is C15H28N2O3. The van der Waals surface area contributed by atoms with Gasteiger partial charge >= 0.3 is 5.97 Å². The van der Waals surface area contributed by atoms with Crippen molar-refractivity contribution in [3.63, 3.8) is 0 Å². The Bertz CT molecular complexity index is 312. The SMILES string of the molecule is NCCCCCCC(=O)NCC1(C(=O)O)CCCCC1. The molecule has 1 rings (SSSR count). The number of nitrogens with two attached hydrogens (primary N) is 1. The first-order chi connectivity index (χ1) is 9.60. The standard InChI is InChI=1S/C15H28N2O3/c16-11-7-2-1-4-8-13(18)17-12-15(14(19)20)9-5-3-6-10-15/h1-12,16H2,(H,17,18)(H,19,20). The highest BCUT2D eigenvalue weighted by atomic mass is 16.4. The van der Waals surface area contributed by atoms with Gasteiger partial charge in [-0.3, -0.25) is 9.59 Å². The molecule has 1 fully saturated rings. The monoisotopic (exact) mass is 284 g/mol. The lowest BCUT2D eigenvalue weighted by atomic mass is 9.74. The van der Waals surface area contributed by atoms with Gasteiger partial charge in [-0.05, 0) is 32.2 Å². The van der Waals surface area contributed by atoms with Crippen LogP contribution in [0.3, 0.4) is 0 Å². The van der Waals surface area contributed by atoms with Crippen LogP contribution in [-0.4, -0.2) is 30.1 Å². The first-order valence-corrected chi connectivity index (χ1v) is 7.81. The van der Waals surface area contributed by atoms with Gasteiger partial charge in [-0.25, -0.2) is 0 Å². The summed E-state index contributed by atoms with van der Waals surface area (Å²) in [4.78, 5) is 23.2. The Morgan fingerprint density at radius 2 is 1.70 bits per heavy atom. The van der Waals surface area contributed by atoms with E-state index in [1.54, 1.807) is 0 Å². The first kappa shape index (κ1) is 17.0. The van der Waals surface area contributed by atoms with Gasteiger partial charge in [0.1, 0.15) is 0 Å². The molecule has 20 heavy (non-hydrogen) atoms. The molecule has 0 aromatic heterocycles. The van der Waals surface area contributed by atoms with Gasteiger partial charge in [0.25, 0.3) is 0 Å². The second-order valence-corrected chi connectivity index (χ2v) is 5.88. The van der Waals surface area contributed by atoms with E-state index in [4.69, 9.17) is 5.73 Å². The molecule has 0 aromatic rings. The van der Waals surface area contributed by atoms with Gasteiger partial charge in [-0.1, -0.05) is 32.1 Å². The topological polar surface area (TPSA) is 92.4 Å². The highest BCUT2D eigenvalue weighted by Crippen LogP contribution is 2.36. The van der Waals surface area contributed by atoms with Crippen LogP contribution in [0.25, 0.3) is 0 Å². The normalized spacial score (nSPS) is 17.6. The number of rotatable bonds is 9. The lowest BCUT2D eigenvalue weighted by Crippen LogP contribution is -2.44. The molecule has 1 saturated carbocycles. The summed E-state index contributed by atoms with van der Waals surface area (Å²) in [5.41, 5.74) is 4.68. The predicted molar refractivity (Wildman–Crippen MR) is 78.3 cm³/mol. The van der Waals surface area contributed by atoms with Crippen LogP contribution in [0, 0.1) is 5.41 Å².